The van der Waals surface area contributed by atoms with Crippen molar-refractivity contribution < 1.29 is 4.74 Å². The maximum absolute atomic E-state index is 5.02. The van der Waals surface area contributed by atoms with Crippen LogP contribution in [-0.2, 0) is 0 Å². The Morgan fingerprint density at radius 2 is 2.20 bits per heavy atom. The summed E-state index contributed by atoms with van der Waals surface area (Å²) in [7, 11) is 1.63. The first kappa shape index (κ1) is 7.54. The van der Waals surface area contributed by atoms with Crippen molar-refractivity contribution in [2.75, 3.05) is 7.11 Å². The molecular formula is C7H8BrNO. The van der Waals surface area contributed by atoms with E-state index in [9.17, 15) is 0 Å². The van der Waals surface area contributed by atoms with Crippen LogP contribution in [0.15, 0.2) is 16.9 Å². The Kier molecular flexibility index (Phi) is 2.27. The Bertz CT molecular complexity index is 237. The quantitative estimate of drug-likeness (QED) is 0.696. The van der Waals surface area contributed by atoms with Crippen molar-refractivity contribution in [1.29, 1.82) is 0 Å². The van der Waals surface area contributed by atoms with Gasteiger partial charge in [0.05, 0.1) is 17.8 Å². The number of hydrogen-bond donors (Lipinski definition) is 0. The number of nitrogens with zero attached hydrogens (tertiary/aromatic N) is 1. The number of aromatic nitrogens is 1. The number of hydrogen-bond acceptors (Lipinski definition) is 2. The van der Waals surface area contributed by atoms with Crippen LogP contribution >= 0.6 is 15.9 Å². The fourth-order valence-corrected chi connectivity index (χ4v) is 1.03. The molecule has 3 heteroatoms. The highest BCUT2D eigenvalue weighted by atomic mass is 79.9. The van der Waals surface area contributed by atoms with Gasteiger partial charge in [-0.25, -0.2) is 0 Å². The van der Waals surface area contributed by atoms with E-state index >= 15 is 0 Å². The van der Waals surface area contributed by atoms with Gasteiger partial charge in [0.2, 0.25) is 0 Å². The summed E-state index contributed by atoms with van der Waals surface area (Å²) in [5.41, 5.74) is 1.08. The molecule has 0 fully saturated rings. The molecule has 0 saturated heterocycles. The van der Waals surface area contributed by atoms with E-state index in [2.05, 4.69) is 20.9 Å². The number of rotatable bonds is 1. The third-order valence-corrected chi connectivity index (χ3v) is 2.26. The van der Waals surface area contributed by atoms with Gasteiger partial charge in [0.1, 0.15) is 0 Å². The predicted molar refractivity (Wildman–Crippen MR) is 43.2 cm³/mol. The first-order chi connectivity index (χ1) is 4.75. The second-order valence-corrected chi connectivity index (χ2v) is 2.77. The maximum Gasteiger partial charge on any atom is 0.151 e. The van der Waals surface area contributed by atoms with Crippen LogP contribution in [0, 0.1) is 6.92 Å². The lowest BCUT2D eigenvalue weighted by atomic mass is 10.3. The van der Waals surface area contributed by atoms with Crippen LogP contribution in [-0.4, -0.2) is 12.1 Å². The van der Waals surface area contributed by atoms with Crippen LogP contribution in [0.5, 0.6) is 5.75 Å². The second kappa shape index (κ2) is 3.01. The van der Waals surface area contributed by atoms with Gasteiger partial charge < -0.3 is 4.74 Å². The highest BCUT2D eigenvalue weighted by molar-refractivity contribution is 9.10. The number of ether oxygens (including phenoxy) is 1. The summed E-state index contributed by atoms with van der Waals surface area (Å²) in [4.78, 5) is 3.96. The monoisotopic (exact) mass is 201 g/mol. The molecule has 0 spiro atoms. The molecule has 0 aromatic carbocycles. The lowest BCUT2D eigenvalue weighted by Crippen LogP contribution is -1.87. The predicted octanol–water partition coefficient (Wildman–Crippen LogP) is 2.16. The lowest BCUT2D eigenvalue weighted by molar-refractivity contribution is 0.409. The molecule has 1 heterocycles. The molecule has 1 aromatic heterocycles. The van der Waals surface area contributed by atoms with Gasteiger partial charge in [0.25, 0.3) is 0 Å². The molecule has 0 unspecified atom stereocenters. The molecule has 1 rings (SSSR count). The van der Waals surface area contributed by atoms with E-state index in [1.54, 1.807) is 19.5 Å². The fraction of sp³-hybridized carbons (Fsp3) is 0.286. The number of halogens is 1. The summed E-state index contributed by atoms with van der Waals surface area (Å²) in [5, 5.41) is 0. The van der Waals surface area contributed by atoms with E-state index in [0.717, 1.165) is 15.8 Å². The molecule has 54 valence electrons. The molecule has 0 bridgehead atoms. The summed E-state index contributed by atoms with van der Waals surface area (Å²) >= 11 is 3.38. The molecule has 10 heavy (non-hydrogen) atoms. The molecule has 0 atom stereocenters. The van der Waals surface area contributed by atoms with E-state index in [4.69, 9.17) is 4.74 Å². The molecule has 0 radical (unpaired) electrons. The van der Waals surface area contributed by atoms with Crippen molar-refractivity contribution in [1.82, 2.24) is 4.98 Å². The molecule has 0 aliphatic heterocycles. The average molecular weight is 202 g/mol. The summed E-state index contributed by atoms with van der Waals surface area (Å²) in [5.74, 6) is 0.778. The summed E-state index contributed by atoms with van der Waals surface area (Å²) in [6, 6.07) is 0. The minimum atomic E-state index is 0.778. The van der Waals surface area contributed by atoms with Crippen molar-refractivity contribution in [2.45, 2.75) is 6.92 Å². The Labute approximate surface area is 68.4 Å². The Morgan fingerprint density at radius 3 is 2.70 bits per heavy atom. The molecule has 0 amide bonds. The van der Waals surface area contributed by atoms with Crippen LogP contribution < -0.4 is 4.74 Å². The van der Waals surface area contributed by atoms with Gasteiger partial charge in [0, 0.05) is 6.20 Å². The molecule has 0 N–H and O–H groups in total. The van der Waals surface area contributed by atoms with Gasteiger partial charge in [-0.3, -0.25) is 4.98 Å². The maximum atomic E-state index is 5.02. The largest absolute Gasteiger partial charge is 0.494 e. The molecule has 0 aliphatic rings. The zero-order chi connectivity index (χ0) is 7.56. The van der Waals surface area contributed by atoms with Crippen LogP contribution in [0.25, 0.3) is 0 Å². The van der Waals surface area contributed by atoms with Crippen molar-refractivity contribution in [3.05, 3.63) is 22.4 Å². The van der Waals surface area contributed by atoms with Gasteiger partial charge in [-0.2, -0.15) is 0 Å². The topological polar surface area (TPSA) is 22.1 Å². The van der Waals surface area contributed by atoms with Crippen molar-refractivity contribution in [3.63, 3.8) is 0 Å². The molecule has 1 aromatic rings. The number of methoxy groups -OCH3 is 1. The standard InChI is InChI=1S/C7H8BrNO/c1-5-3-9-4-6(10-2)7(5)8/h3-4H,1-2H3. The normalized spacial score (nSPS) is 9.50. The first-order valence-corrected chi connectivity index (χ1v) is 3.69. The average Bonchev–Trinajstić information content (AvgIpc) is 1.95. The Hall–Kier alpha value is -0.570. The SMILES string of the molecule is COc1cncc(C)c1Br. The fourth-order valence-electron chi connectivity index (χ4n) is 0.667. The molecule has 0 saturated carbocycles. The summed E-state index contributed by atoms with van der Waals surface area (Å²) in [6.07, 6.45) is 3.46. The zero-order valence-corrected chi connectivity index (χ0v) is 7.47. The van der Waals surface area contributed by atoms with Crippen molar-refractivity contribution >= 4 is 15.9 Å². The first-order valence-electron chi connectivity index (χ1n) is 2.90. The molecule has 2 nitrogen and oxygen atoms in total. The van der Waals surface area contributed by atoms with E-state index < -0.39 is 0 Å². The van der Waals surface area contributed by atoms with Gasteiger partial charge in [0.15, 0.2) is 5.75 Å². The van der Waals surface area contributed by atoms with Crippen molar-refractivity contribution in [2.24, 2.45) is 0 Å². The third-order valence-electron chi connectivity index (χ3n) is 1.24. The second-order valence-electron chi connectivity index (χ2n) is 1.97. The smallest absolute Gasteiger partial charge is 0.151 e. The number of aryl methyl sites for hydroxylation is 1. The van der Waals surface area contributed by atoms with Crippen LogP contribution in [0.2, 0.25) is 0 Å². The van der Waals surface area contributed by atoms with E-state index in [1.807, 2.05) is 6.92 Å². The Balaban J connectivity index is 3.14. The lowest BCUT2D eigenvalue weighted by Gasteiger charge is -2.02. The van der Waals surface area contributed by atoms with Crippen LogP contribution in [0.1, 0.15) is 5.56 Å². The Morgan fingerprint density at radius 1 is 1.50 bits per heavy atom. The minimum absolute atomic E-state index is 0.778. The highest BCUT2D eigenvalue weighted by Crippen LogP contribution is 2.25. The van der Waals surface area contributed by atoms with Crippen molar-refractivity contribution in [3.8, 4) is 5.75 Å². The van der Waals surface area contributed by atoms with Gasteiger partial charge in [-0.1, -0.05) is 0 Å². The van der Waals surface area contributed by atoms with Gasteiger partial charge in [-0.15, -0.1) is 0 Å². The van der Waals surface area contributed by atoms with Gasteiger partial charge >= 0.3 is 0 Å². The highest BCUT2D eigenvalue weighted by Gasteiger charge is 2.00. The van der Waals surface area contributed by atoms with E-state index in [0.29, 0.717) is 0 Å². The number of pyridine rings is 1. The van der Waals surface area contributed by atoms with Crippen LogP contribution in [0.3, 0.4) is 0 Å². The molecular weight excluding hydrogens is 194 g/mol. The molecule has 0 aliphatic carbocycles. The zero-order valence-electron chi connectivity index (χ0n) is 5.89. The van der Waals surface area contributed by atoms with E-state index in [1.165, 1.54) is 0 Å². The van der Waals surface area contributed by atoms with E-state index in [-0.39, 0.29) is 0 Å². The van der Waals surface area contributed by atoms with Gasteiger partial charge in [-0.05, 0) is 28.4 Å². The van der Waals surface area contributed by atoms with Crippen LogP contribution in [0.4, 0.5) is 0 Å². The summed E-state index contributed by atoms with van der Waals surface area (Å²) < 4.78 is 5.99. The third kappa shape index (κ3) is 1.29. The minimum Gasteiger partial charge on any atom is -0.494 e. The summed E-state index contributed by atoms with van der Waals surface area (Å²) in [6.45, 7) is 1.97.